The highest BCUT2D eigenvalue weighted by atomic mass is 16.7. The zero-order valence-corrected chi connectivity index (χ0v) is 13.4. The van der Waals surface area contributed by atoms with Gasteiger partial charge >= 0.3 is 7.12 Å². The van der Waals surface area contributed by atoms with Crippen LogP contribution in [0.5, 0.6) is 0 Å². The summed E-state index contributed by atoms with van der Waals surface area (Å²) in [5.74, 6) is 0.0673. The zero-order valence-electron chi connectivity index (χ0n) is 13.4. The first-order valence-electron chi connectivity index (χ1n) is 7.48. The summed E-state index contributed by atoms with van der Waals surface area (Å²) in [7, 11) is -0.426. The Bertz CT molecular complexity index is 581. The number of anilines is 1. The summed E-state index contributed by atoms with van der Waals surface area (Å²) in [6.45, 7) is 10.5. The van der Waals surface area contributed by atoms with Gasteiger partial charge in [0.2, 0.25) is 5.91 Å². The van der Waals surface area contributed by atoms with Crippen LogP contribution >= 0.6 is 0 Å². The smallest absolute Gasteiger partial charge is 0.399 e. The first-order valence-corrected chi connectivity index (χ1v) is 7.48. The van der Waals surface area contributed by atoms with E-state index in [0.29, 0.717) is 0 Å². The van der Waals surface area contributed by atoms with Gasteiger partial charge in [-0.25, -0.2) is 0 Å². The van der Waals surface area contributed by atoms with E-state index in [1.165, 1.54) is 5.56 Å². The summed E-state index contributed by atoms with van der Waals surface area (Å²) in [5, 5.41) is 0. The normalized spacial score (nSPS) is 22.5. The molecule has 0 bridgehead atoms. The van der Waals surface area contributed by atoms with Gasteiger partial charge in [0.25, 0.3) is 0 Å². The Morgan fingerprint density at radius 1 is 1.19 bits per heavy atom. The van der Waals surface area contributed by atoms with Crippen LogP contribution in [0.2, 0.25) is 0 Å². The Kier molecular flexibility index (Phi) is 3.19. The minimum atomic E-state index is -0.426. The van der Waals surface area contributed by atoms with Gasteiger partial charge in [-0.1, -0.05) is 18.2 Å². The topological polar surface area (TPSA) is 38.8 Å². The Hall–Kier alpha value is -1.33. The second kappa shape index (κ2) is 4.58. The van der Waals surface area contributed by atoms with Crippen LogP contribution in [0.3, 0.4) is 0 Å². The van der Waals surface area contributed by atoms with E-state index in [4.69, 9.17) is 9.31 Å². The quantitative estimate of drug-likeness (QED) is 0.740. The molecule has 0 radical (unpaired) electrons. The van der Waals surface area contributed by atoms with Gasteiger partial charge in [0.05, 0.1) is 11.2 Å². The maximum Gasteiger partial charge on any atom is 0.496 e. The van der Waals surface area contributed by atoms with Crippen LogP contribution in [0.4, 0.5) is 5.69 Å². The molecule has 0 saturated carbocycles. The van der Waals surface area contributed by atoms with Gasteiger partial charge in [-0.15, -0.1) is 0 Å². The molecule has 1 aromatic rings. The third kappa shape index (κ3) is 2.19. The van der Waals surface area contributed by atoms with Crippen LogP contribution in [0.25, 0.3) is 0 Å². The monoisotopic (exact) mass is 287 g/mol. The largest absolute Gasteiger partial charge is 0.496 e. The number of hydrogen-bond donors (Lipinski definition) is 0. The Morgan fingerprint density at radius 3 is 2.38 bits per heavy atom. The minimum absolute atomic E-state index is 0.0673. The number of nitrogens with zero attached hydrogens (tertiary/aromatic N) is 1. The second-order valence-electron chi connectivity index (χ2n) is 6.86. The van der Waals surface area contributed by atoms with Gasteiger partial charge in [-0.3, -0.25) is 4.79 Å². The van der Waals surface area contributed by atoms with Gasteiger partial charge < -0.3 is 14.2 Å². The summed E-state index contributed by atoms with van der Waals surface area (Å²) in [4.78, 5) is 13.7. The van der Waals surface area contributed by atoms with Gasteiger partial charge in [0.15, 0.2) is 0 Å². The van der Waals surface area contributed by atoms with E-state index >= 15 is 0 Å². The maximum atomic E-state index is 11.9. The molecule has 0 atom stereocenters. The van der Waals surface area contributed by atoms with Crippen LogP contribution in [0.15, 0.2) is 18.2 Å². The van der Waals surface area contributed by atoms with Gasteiger partial charge in [0, 0.05) is 24.6 Å². The number of carbonyl (C=O) groups excluding carboxylic acids is 1. The van der Waals surface area contributed by atoms with Crippen molar-refractivity contribution < 1.29 is 14.1 Å². The summed E-state index contributed by atoms with van der Waals surface area (Å²) < 4.78 is 12.3. The molecular formula is C16H22BNO3. The molecule has 1 saturated heterocycles. The summed E-state index contributed by atoms with van der Waals surface area (Å²) in [6, 6.07) is 6.10. The van der Waals surface area contributed by atoms with Crippen molar-refractivity contribution in [2.24, 2.45) is 0 Å². The third-order valence-corrected chi connectivity index (χ3v) is 4.91. The molecule has 5 heteroatoms. The first-order chi connectivity index (χ1) is 9.73. The highest BCUT2D eigenvalue weighted by Crippen LogP contribution is 2.38. The number of benzene rings is 1. The molecule has 2 aliphatic rings. The van der Waals surface area contributed by atoms with Crippen molar-refractivity contribution in [3.05, 3.63) is 23.8 Å². The van der Waals surface area contributed by atoms with E-state index in [0.717, 1.165) is 24.1 Å². The van der Waals surface area contributed by atoms with Crippen LogP contribution in [0.1, 0.15) is 40.2 Å². The molecule has 1 aromatic carbocycles. The molecule has 0 unspecified atom stereocenters. The lowest BCUT2D eigenvalue weighted by atomic mass is 9.77. The van der Waals surface area contributed by atoms with E-state index in [2.05, 4.69) is 6.07 Å². The molecule has 112 valence electrons. The van der Waals surface area contributed by atoms with Gasteiger partial charge in [-0.2, -0.15) is 0 Å². The van der Waals surface area contributed by atoms with E-state index in [1.54, 1.807) is 6.92 Å². The molecule has 0 N–H and O–H groups in total. The Balaban J connectivity index is 2.03. The lowest BCUT2D eigenvalue weighted by molar-refractivity contribution is -0.116. The number of fused-ring (bicyclic) bond motifs is 1. The molecule has 0 aromatic heterocycles. The fourth-order valence-electron chi connectivity index (χ4n) is 2.96. The van der Waals surface area contributed by atoms with Crippen molar-refractivity contribution in [3.63, 3.8) is 0 Å². The van der Waals surface area contributed by atoms with Crippen molar-refractivity contribution in [1.29, 1.82) is 0 Å². The number of carbonyl (C=O) groups is 1. The van der Waals surface area contributed by atoms with Crippen LogP contribution in [0, 0.1) is 0 Å². The van der Waals surface area contributed by atoms with E-state index < -0.39 is 7.12 Å². The van der Waals surface area contributed by atoms with E-state index in [1.807, 2.05) is 44.7 Å². The number of para-hydroxylation sites is 1. The van der Waals surface area contributed by atoms with Crippen LogP contribution in [-0.2, 0) is 20.5 Å². The van der Waals surface area contributed by atoms with Crippen LogP contribution in [-0.4, -0.2) is 30.8 Å². The lowest BCUT2D eigenvalue weighted by Gasteiger charge is -2.32. The molecule has 2 aliphatic heterocycles. The summed E-state index contributed by atoms with van der Waals surface area (Å²) in [5.41, 5.74) is 2.37. The molecule has 3 rings (SSSR count). The standard InChI is InChI=1S/C16H22BNO3/c1-11(19)18-10-9-12-7-6-8-13(14(12)18)17-20-15(2,3)16(4,5)21-17/h6-8H,9-10H2,1-5H3. The lowest BCUT2D eigenvalue weighted by Crippen LogP contribution is -2.41. The number of rotatable bonds is 1. The average Bonchev–Trinajstić information content (AvgIpc) is 2.88. The maximum absolute atomic E-state index is 11.9. The van der Waals surface area contributed by atoms with Crippen molar-refractivity contribution in [2.45, 2.75) is 52.2 Å². The Morgan fingerprint density at radius 2 is 1.81 bits per heavy atom. The fraction of sp³-hybridized carbons (Fsp3) is 0.562. The van der Waals surface area contributed by atoms with Crippen molar-refractivity contribution >= 4 is 24.2 Å². The SMILES string of the molecule is CC(=O)N1CCc2cccc(B3OC(C)(C)C(C)(C)O3)c21. The van der Waals surface area contributed by atoms with Crippen molar-refractivity contribution in [1.82, 2.24) is 0 Å². The third-order valence-electron chi connectivity index (χ3n) is 4.91. The van der Waals surface area contributed by atoms with Gasteiger partial charge in [0.1, 0.15) is 0 Å². The number of hydrogen-bond acceptors (Lipinski definition) is 3. The molecule has 4 nitrogen and oxygen atoms in total. The average molecular weight is 287 g/mol. The predicted octanol–water partition coefficient (Wildman–Crippen LogP) is 1.89. The highest BCUT2D eigenvalue weighted by Gasteiger charge is 2.52. The van der Waals surface area contributed by atoms with Crippen molar-refractivity contribution in [3.8, 4) is 0 Å². The minimum Gasteiger partial charge on any atom is -0.399 e. The van der Waals surface area contributed by atoms with Crippen molar-refractivity contribution in [2.75, 3.05) is 11.4 Å². The molecule has 2 heterocycles. The highest BCUT2D eigenvalue weighted by molar-refractivity contribution is 6.64. The van der Waals surface area contributed by atoms with Crippen LogP contribution < -0.4 is 10.4 Å². The molecule has 0 aliphatic carbocycles. The summed E-state index contributed by atoms with van der Waals surface area (Å²) >= 11 is 0. The molecule has 1 fully saturated rings. The number of amides is 1. The molecule has 1 amide bonds. The predicted molar refractivity (Wildman–Crippen MR) is 83.9 cm³/mol. The molecular weight excluding hydrogens is 265 g/mol. The Labute approximate surface area is 126 Å². The fourth-order valence-corrected chi connectivity index (χ4v) is 2.96. The van der Waals surface area contributed by atoms with E-state index in [-0.39, 0.29) is 17.1 Å². The van der Waals surface area contributed by atoms with Gasteiger partial charge in [-0.05, 0) is 39.7 Å². The zero-order chi connectivity index (χ0) is 15.4. The first kappa shape index (κ1) is 14.6. The van der Waals surface area contributed by atoms with E-state index in [9.17, 15) is 4.79 Å². The molecule has 0 spiro atoms. The molecule has 21 heavy (non-hydrogen) atoms. The summed E-state index contributed by atoms with van der Waals surface area (Å²) in [6.07, 6.45) is 0.891. The second-order valence-corrected chi connectivity index (χ2v) is 6.86.